The van der Waals surface area contributed by atoms with Crippen molar-refractivity contribution in [2.75, 3.05) is 6.54 Å². The summed E-state index contributed by atoms with van der Waals surface area (Å²) in [7, 11) is 0. The van der Waals surface area contributed by atoms with Crippen molar-refractivity contribution in [1.29, 1.82) is 0 Å². The number of imide groups is 1. The van der Waals surface area contributed by atoms with Gasteiger partial charge in [0.2, 0.25) is 0 Å². The van der Waals surface area contributed by atoms with Crippen molar-refractivity contribution in [2.24, 2.45) is 0 Å². The molecule has 0 fully saturated rings. The highest BCUT2D eigenvalue weighted by Crippen LogP contribution is 2.23. The normalized spacial score (nSPS) is 13.4. The maximum absolute atomic E-state index is 12.4. The van der Waals surface area contributed by atoms with Gasteiger partial charge in [-0.15, -0.1) is 0 Å². The van der Waals surface area contributed by atoms with E-state index >= 15 is 0 Å². The summed E-state index contributed by atoms with van der Waals surface area (Å²) in [6.07, 6.45) is 2.31. The van der Waals surface area contributed by atoms with E-state index < -0.39 is 0 Å². The van der Waals surface area contributed by atoms with Gasteiger partial charge in [-0.1, -0.05) is 35.9 Å². The second kappa shape index (κ2) is 6.02. The van der Waals surface area contributed by atoms with E-state index in [0.717, 1.165) is 17.1 Å². The molecule has 0 bridgehead atoms. The minimum atomic E-state index is -0.223. The number of fused-ring (bicyclic) bond motifs is 1. The quantitative estimate of drug-likeness (QED) is 0.747. The first-order chi connectivity index (χ1) is 12.1. The lowest BCUT2D eigenvalue weighted by molar-refractivity contribution is 0.0656. The molecule has 2 amide bonds. The van der Waals surface area contributed by atoms with Crippen molar-refractivity contribution in [3.63, 3.8) is 0 Å². The molecule has 0 saturated heterocycles. The summed E-state index contributed by atoms with van der Waals surface area (Å²) in [5.41, 5.74) is 4.05. The highest BCUT2D eigenvalue weighted by atomic mass is 16.2. The number of aromatic amines is 1. The summed E-state index contributed by atoms with van der Waals surface area (Å²) in [6.45, 7) is 2.37. The summed E-state index contributed by atoms with van der Waals surface area (Å²) in [5.74, 6) is 0.346. The molecule has 2 aromatic carbocycles. The fraction of sp³-hybridized carbons (Fsp3) is 0.150. The lowest BCUT2D eigenvalue weighted by Crippen LogP contribution is -2.31. The van der Waals surface area contributed by atoms with E-state index in [1.807, 2.05) is 25.1 Å². The number of amides is 2. The van der Waals surface area contributed by atoms with Crippen molar-refractivity contribution in [1.82, 2.24) is 14.9 Å². The Hall–Kier alpha value is -3.21. The first kappa shape index (κ1) is 15.3. The first-order valence-corrected chi connectivity index (χ1v) is 8.19. The zero-order chi connectivity index (χ0) is 17.4. The molecule has 4 rings (SSSR count). The number of rotatable bonds is 4. The van der Waals surface area contributed by atoms with Gasteiger partial charge in [-0.2, -0.15) is 0 Å². The Kier molecular flexibility index (Phi) is 3.69. The standard InChI is InChI=1S/C20H17N3O2/c1-13-5-4-6-14(11-13)18-21-12-15(22-18)9-10-23-19(24)16-7-2-3-8-17(16)20(23)25/h2-8,11-12H,9-10H2,1H3,(H,21,22). The molecule has 0 aliphatic carbocycles. The fourth-order valence-electron chi connectivity index (χ4n) is 3.10. The van der Waals surface area contributed by atoms with E-state index in [1.165, 1.54) is 10.5 Å². The molecule has 5 heteroatoms. The van der Waals surface area contributed by atoms with E-state index in [9.17, 15) is 9.59 Å². The smallest absolute Gasteiger partial charge is 0.261 e. The van der Waals surface area contributed by atoms with Crippen LogP contribution in [0.5, 0.6) is 0 Å². The van der Waals surface area contributed by atoms with Gasteiger partial charge in [0.1, 0.15) is 5.82 Å². The van der Waals surface area contributed by atoms with Crippen LogP contribution in [0, 0.1) is 6.92 Å². The Morgan fingerprint density at radius 2 is 1.72 bits per heavy atom. The highest BCUT2D eigenvalue weighted by molar-refractivity contribution is 6.21. The Morgan fingerprint density at radius 1 is 1.00 bits per heavy atom. The SMILES string of the molecule is Cc1cccc(-c2ncc(CCN3C(=O)c4ccccc4C3=O)[nH]2)c1. The van der Waals surface area contributed by atoms with E-state index in [-0.39, 0.29) is 11.8 Å². The third kappa shape index (κ3) is 2.74. The van der Waals surface area contributed by atoms with Crippen LogP contribution < -0.4 is 0 Å². The molecular formula is C20H17N3O2. The van der Waals surface area contributed by atoms with Crippen LogP contribution in [0.3, 0.4) is 0 Å². The van der Waals surface area contributed by atoms with Gasteiger partial charge in [0, 0.05) is 30.4 Å². The maximum Gasteiger partial charge on any atom is 0.261 e. The Balaban J connectivity index is 1.48. The van der Waals surface area contributed by atoms with Gasteiger partial charge in [0.05, 0.1) is 11.1 Å². The van der Waals surface area contributed by atoms with Gasteiger partial charge in [-0.05, 0) is 25.1 Å². The third-order valence-electron chi connectivity index (χ3n) is 4.40. The summed E-state index contributed by atoms with van der Waals surface area (Å²) < 4.78 is 0. The van der Waals surface area contributed by atoms with E-state index in [4.69, 9.17) is 0 Å². The molecule has 3 aromatic rings. The molecule has 0 saturated carbocycles. The van der Waals surface area contributed by atoms with Crippen LogP contribution in [0.15, 0.2) is 54.7 Å². The van der Waals surface area contributed by atoms with Crippen LogP contribution in [0.4, 0.5) is 0 Å². The van der Waals surface area contributed by atoms with E-state index in [1.54, 1.807) is 30.5 Å². The van der Waals surface area contributed by atoms with Crippen LogP contribution >= 0.6 is 0 Å². The summed E-state index contributed by atoms with van der Waals surface area (Å²) >= 11 is 0. The third-order valence-corrected chi connectivity index (χ3v) is 4.40. The van der Waals surface area contributed by atoms with E-state index in [0.29, 0.717) is 24.1 Å². The van der Waals surface area contributed by atoms with Crippen LogP contribution in [0.2, 0.25) is 0 Å². The largest absolute Gasteiger partial charge is 0.342 e. The maximum atomic E-state index is 12.4. The Morgan fingerprint density at radius 3 is 2.40 bits per heavy atom. The van der Waals surface area contributed by atoms with Crippen LogP contribution in [0.1, 0.15) is 32.0 Å². The molecule has 0 radical (unpaired) electrons. The molecule has 124 valence electrons. The molecule has 5 nitrogen and oxygen atoms in total. The zero-order valence-electron chi connectivity index (χ0n) is 13.8. The number of hydrogen-bond donors (Lipinski definition) is 1. The molecule has 0 atom stereocenters. The number of carbonyl (C=O) groups excluding carboxylic acids is 2. The molecule has 1 aliphatic heterocycles. The number of H-pyrrole nitrogens is 1. The molecule has 25 heavy (non-hydrogen) atoms. The minimum absolute atomic E-state index is 0.223. The first-order valence-electron chi connectivity index (χ1n) is 8.19. The number of aromatic nitrogens is 2. The van der Waals surface area contributed by atoms with Gasteiger partial charge in [0.15, 0.2) is 0 Å². The van der Waals surface area contributed by atoms with Crippen molar-refractivity contribution in [3.8, 4) is 11.4 Å². The number of carbonyl (C=O) groups is 2. The van der Waals surface area contributed by atoms with Gasteiger partial charge in [-0.3, -0.25) is 14.5 Å². The highest BCUT2D eigenvalue weighted by Gasteiger charge is 2.34. The Labute approximate surface area is 145 Å². The van der Waals surface area contributed by atoms with Crippen molar-refractivity contribution in [3.05, 3.63) is 77.1 Å². The average Bonchev–Trinajstić information content (AvgIpc) is 3.18. The number of nitrogens with zero attached hydrogens (tertiary/aromatic N) is 2. The topological polar surface area (TPSA) is 66.1 Å². The molecular weight excluding hydrogens is 314 g/mol. The van der Waals surface area contributed by atoms with Crippen molar-refractivity contribution >= 4 is 11.8 Å². The number of nitrogens with one attached hydrogen (secondary N) is 1. The lowest BCUT2D eigenvalue weighted by atomic mass is 10.1. The molecule has 1 aliphatic rings. The predicted octanol–water partition coefficient (Wildman–Crippen LogP) is 3.22. The summed E-state index contributed by atoms with van der Waals surface area (Å²) in [5, 5.41) is 0. The second-order valence-corrected chi connectivity index (χ2v) is 6.18. The molecule has 0 spiro atoms. The zero-order valence-corrected chi connectivity index (χ0v) is 13.8. The molecule has 1 N–H and O–H groups in total. The monoisotopic (exact) mass is 331 g/mol. The average molecular weight is 331 g/mol. The minimum Gasteiger partial charge on any atom is -0.342 e. The molecule has 1 aromatic heterocycles. The van der Waals surface area contributed by atoms with Crippen LogP contribution in [-0.4, -0.2) is 33.2 Å². The van der Waals surface area contributed by atoms with Crippen molar-refractivity contribution < 1.29 is 9.59 Å². The Bertz CT molecular complexity index is 939. The fourth-order valence-corrected chi connectivity index (χ4v) is 3.10. The summed E-state index contributed by atoms with van der Waals surface area (Å²) in [4.78, 5) is 33.7. The van der Waals surface area contributed by atoms with Gasteiger partial charge in [0.25, 0.3) is 11.8 Å². The van der Waals surface area contributed by atoms with Gasteiger partial charge >= 0.3 is 0 Å². The van der Waals surface area contributed by atoms with Crippen LogP contribution in [-0.2, 0) is 6.42 Å². The van der Waals surface area contributed by atoms with Crippen molar-refractivity contribution in [2.45, 2.75) is 13.3 Å². The summed E-state index contributed by atoms with van der Waals surface area (Å²) in [6, 6.07) is 15.0. The number of hydrogen-bond acceptors (Lipinski definition) is 3. The number of benzene rings is 2. The number of aryl methyl sites for hydroxylation is 1. The van der Waals surface area contributed by atoms with Gasteiger partial charge < -0.3 is 4.98 Å². The van der Waals surface area contributed by atoms with E-state index in [2.05, 4.69) is 16.0 Å². The van der Waals surface area contributed by atoms with Crippen LogP contribution in [0.25, 0.3) is 11.4 Å². The number of imidazole rings is 1. The predicted molar refractivity (Wildman–Crippen MR) is 94.3 cm³/mol. The van der Waals surface area contributed by atoms with Gasteiger partial charge in [-0.25, -0.2) is 4.98 Å². The molecule has 2 heterocycles. The second-order valence-electron chi connectivity index (χ2n) is 6.18. The molecule has 0 unspecified atom stereocenters. The lowest BCUT2D eigenvalue weighted by Gasteiger charge is -2.12.